The smallest absolute Gasteiger partial charge is 0.279 e. The number of para-hydroxylation sites is 1. The van der Waals surface area contributed by atoms with Crippen LogP contribution in [0.5, 0.6) is 11.5 Å². The fourth-order valence-corrected chi connectivity index (χ4v) is 3.38. The molecule has 3 aromatic rings. The molecule has 0 fully saturated rings. The van der Waals surface area contributed by atoms with Crippen LogP contribution in [0.15, 0.2) is 47.5 Å². The van der Waals surface area contributed by atoms with Crippen molar-refractivity contribution in [2.75, 3.05) is 14.2 Å². The molecular weight excluding hydrogens is 312 g/mol. The minimum atomic E-state index is -0.301. The maximum atomic E-state index is 12.4. The van der Waals surface area contributed by atoms with Crippen molar-refractivity contribution < 1.29 is 14.3 Å². The molecule has 0 bridgehead atoms. The van der Waals surface area contributed by atoms with Gasteiger partial charge in [-0.3, -0.25) is 4.79 Å². The summed E-state index contributed by atoms with van der Waals surface area (Å²) in [4.78, 5) is 17.3. The standard InChI is InChI=1S/C17H16N2O3S/c1-19-15-13(22-3)8-5-9-14(15)23-17(19)18-16(20)11-6-4-7-12(10-11)21-2/h4-10H,1-3H3. The zero-order valence-electron chi connectivity index (χ0n) is 13.1. The molecular formula is C17H16N2O3S. The first-order chi connectivity index (χ1) is 11.1. The number of ether oxygens (including phenoxy) is 2. The van der Waals surface area contributed by atoms with Crippen molar-refractivity contribution in [2.45, 2.75) is 0 Å². The monoisotopic (exact) mass is 328 g/mol. The summed E-state index contributed by atoms with van der Waals surface area (Å²) in [6.45, 7) is 0. The summed E-state index contributed by atoms with van der Waals surface area (Å²) in [7, 11) is 5.07. The van der Waals surface area contributed by atoms with Gasteiger partial charge in [-0.15, -0.1) is 0 Å². The summed E-state index contributed by atoms with van der Waals surface area (Å²) < 4.78 is 13.4. The third-order valence-corrected chi connectivity index (χ3v) is 4.62. The summed E-state index contributed by atoms with van der Waals surface area (Å²) in [6.07, 6.45) is 0. The van der Waals surface area contributed by atoms with E-state index in [1.807, 2.05) is 29.8 Å². The molecule has 0 atom stereocenters. The van der Waals surface area contributed by atoms with E-state index in [0.717, 1.165) is 16.0 Å². The van der Waals surface area contributed by atoms with Gasteiger partial charge in [0, 0.05) is 12.6 Å². The Bertz CT molecular complexity index is 940. The molecule has 0 saturated heterocycles. The average Bonchev–Trinajstić information content (AvgIpc) is 2.91. The van der Waals surface area contributed by atoms with Crippen LogP contribution in [0.25, 0.3) is 10.2 Å². The van der Waals surface area contributed by atoms with Crippen molar-refractivity contribution in [2.24, 2.45) is 12.0 Å². The highest BCUT2D eigenvalue weighted by atomic mass is 32.1. The number of amides is 1. The fourth-order valence-electron chi connectivity index (χ4n) is 2.35. The molecule has 0 radical (unpaired) electrons. The van der Waals surface area contributed by atoms with Gasteiger partial charge >= 0.3 is 0 Å². The van der Waals surface area contributed by atoms with Crippen molar-refractivity contribution in [3.8, 4) is 11.5 Å². The van der Waals surface area contributed by atoms with Gasteiger partial charge in [0.25, 0.3) is 5.91 Å². The van der Waals surface area contributed by atoms with Crippen molar-refractivity contribution in [1.29, 1.82) is 0 Å². The Balaban J connectivity index is 2.10. The van der Waals surface area contributed by atoms with Crippen LogP contribution in [-0.2, 0) is 7.05 Å². The van der Waals surface area contributed by atoms with Crippen LogP contribution in [0, 0.1) is 0 Å². The molecule has 0 aliphatic rings. The molecule has 0 aliphatic carbocycles. The number of hydrogen-bond donors (Lipinski definition) is 0. The van der Waals surface area contributed by atoms with Crippen LogP contribution < -0.4 is 14.3 Å². The third kappa shape index (κ3) is 2.85. The number of nitrogens with zero attached hydrogens (tertiary/aromatic N) is 2. The van der Waals surface area contributed by atoms with E-state index < -0.39 is 0 Å². The lowest BCUT2D eigenvalue weighted by molar-refractivity contribution is 0.0997. The van der Waals surface area contributed by atoms with E-state index >= 15 is 0 Å². The van der Waals surface area contributed by atoms with Crippen LogP contribution in [-0.4, -0.2) is 24.7 Å². The maximum Gasteiger partial charge on any atom is 0.279 e. The number of carbonyl (C=O) groups is 1. The zero-order valence-corrected chi connectivity index (χ0v) is 13.9. The molecule has 0 unspecified atom stereocenters. The molecule has 1 heterocycles. The number of benzene rings is 2. The average molecular weight is 328 g/mol. The van der Waals surface area contributed by atoms with Gasteiger partial charge in [-0.05, 0) is 30.3 Å². The second-order valence-electron chi connectivity index (χ2n) is 4.90. The second-order valence-corrected chi connectivity index (χ2v) is 5.91. The second kappa shape index (κ2) is 6.26. The molecule has 23 heavy (non-hydrogen) atoms. The van der Waals surface area contributed by atoms with E-state index in [9.17, 15) is 4.79 Å². The van der Waals surface area contributed by atoms with Gasteiger partial charge in [0.1, 0.15) is 17.0 Å². The predicted octanol–water partition coefficient (Wildman–Crippen LogP) is 3.00. The van der Waals surface area contributed by atoms with E-state index in [2.05, 4.69) is 4.99 Å². The van der Waals surface area contributed by atoms with Crippen molar-refractivity contribution in [3.63, 3.8) is 0 Å². The number of rotatable bonds is 3. The van der Waals surface area contributed by atoms with Gasteiger partial charge < -0.3 is 14.0 Å². The van der Waals surface area contributed by atoms with E-state index in [1.165, 1.54) is 11.3 Å². The van der Waals surface area contributed by atoms with Crippen LogP contribution in [0.4, 0.5) is 0 Å². The summed E-state index contributed by atoms with van der Waals surface area (Å²) in [5, 5.41) is 0. The molecule has 2 aromatic carbocycles. The van der Waals surface area contributed by atoms with Gasteiger partial charge in [0.2, 0.25) is 0 Å². The Morgan fingerprint density at radius 3 is 2.65 bits per heavy atom. The third-order valence-electron chi connectivity index (χ3n) is 3.52. The Morgan fingerprint density at radius 2 is 1.91 bits per heavy atom. The van der Waals surface area contributed by atoms with E-state index in [0.29, 0.717) is 16.1 Å². The van der Waals surface area contributed by atoms with Gasteiger partial charge in [0.05, 0.1) is 18.9 Å². The van der Waals surface area contributed by atoms with E-state index in [4.69, 9.17) is 9.47 Å². The number of aromatic nitrogens is 1. The largest absolute Gasteiger partial charge is 0.497 e. The molecule has 3 rings (SSSR count). The summed E-state index contributed by atoms with van der Waals surface area (Å²) >= 11 is 1.45. The van der Waals surface area contributed by atoms with Crippen LogP contribution in [0.2, 0.25) is 0 Å². The first-order valence-electron chi connectivity index (χ1n) is 6.99. The molecule has 0 spiro atoms. The van der Waals surface area contributed by atoms with E-state index in [-0.39, 0.29) is 5.91 Å². The zero-order chi connectivity index (χ0) is 16.4. The molecule has 0 aliphatic heterocycles. The van der Waals surface area contributed by atoms with Crippen LogP contribution in [0.1, 0.15) is 10.4 Å². The topological polar surface area (TPSA) is 52.8 Å². The van der Waals surface area contributed by atoms with Crippen molar-refractivity contribution in [3.05, 3.63) is 52.8 Å². The highest BCUT2D eigenvalue weighted by Gasteiger charge is 2.10. The van der Waals surface area contributed by atoms with Gasteiger partial charge in [-0.1, -0.05) is 23.5 Å². The molecule has 0 saturated carbocycles. The number of fused-ring (bicyclic) bond motifs is 1. The molecule has 0 N–H and O–H groups in total. The van der Waals surface area contributed by atoms with Crippen LogP contribution in [0.3, 0.4) is 0 Å². The SMILES string of the molecule is COc1cccc(C(=O)N=c2sc3cccc(OC)c3n2C)c1. The van der Waals surface area contributed by atoms with Crippen LogP contribution >= 0.6 is 11.3 Å². The lowest BCUT2D eigenvalue weighted by Gasteiger charge is -2.03. The number of methoxy groups -OCH3 is 2. The quantitative estimate of drug-likeness (QED) is 0.743. The lowest BCUT2D eigenvalue weighted by Crippen LogP contribution is -2.13. The molecule has 118 valence electrons. The first kappa shape index (κ1) is 15.3. The molecule has 1 amide bonds. The fraction of sp³-hybridized carbons (Fsp3) is 0.176. The summed E-state index contributed by atoms with van der Waals surface area (Å²) in [5.74, 6) is 1.09. The summed E-state index contributed by atoms with van der Waals surface area (Å²) in [5.41, 5.74) is 1.42. The van der Waals surface area contributed by atoms with Gasteiger partial charge in [-0.25, -0.2) is 0 Å². The minimum Gasteiger partial charge on any atom is -0.497 e. The van der Waals surface area contributed by atoms with Crippen molar-refractivity contribution >= 4 is 27.5 Å². The van der Waals surface area contributed by atoms with Gasteiger partial charge in [-0.2, -0.15) is 4.99 Å². The Morgan fingerprint density at radius 1 is 1.13 bits per heavy atom. The number of aryl methyl sites for hydroxylation is 1. The predicted molar refractivity (Wildman–Crippen MR) is 90.2 cm³/mol. The van der Waals surface area contributed by atoms with E-state index in [1.54, 1.807) is 38.5 Å². The number of hydrogen-bond acceptors (Lipinski definition) is 4. The lowest BCUT2D eigenvalue weighted by atomic mass is 10.2. The Hall–Kier alpha value is -2.60. The Kier molecular flexibility index (Phi) is 4.16. The molecule has 1 aromatic heterocycles. The maximum absolute atomic E-state index is 12.4. The number of carbonyl (C=O) groups excluding carboxylic acids is 1. The highest BCUT2D eigenvalue weighted by molar-refractivity contribution is 7.16. The molecule has 5 nitrogen and oxygen atoms in total. The van der Waals surface area contributed by atoms with Crippen molar-refractivity contribution in [1.82, 2.24) is 4.57 Å². The van der Waals surface area contributed by atoms with Gasteiger partial charge in [0.15, 0.2) is 4.80 Å². The summed E-state index contributed by atoms with van der Waals surface area (Å²) in [6, 6.07) is 12.8. The highest BCUT2D eigenvalue weighted by Crippen LogP contribution is 2.26. The normalized spacial score (nSPS) is 11.7. The number of thiazole rings is 1. The molecule has 6 heteroatoms. The Labute approximate surface area is 137 Å². The first-order valence-corrected chi connectivity index (χ1v) is 7.81. The minimum absolute atomic E-state index is 0.301.